The molecule has 0 atom stereocenters. The molecule has 0 N–H and O–H groups in total. The normalized spacial score (nSPS) is 15.1. The van der Waals surface area contributed by atoms with E-state index in [0.29, 0.717) is 29.1 Å². The lowest BCUT2D eigenvalue weighted by Crippen LogP contribution is -2.43. The van der Waals surface area contributed by atoms with Crippen LogP contribution in [0.5, 0.6) is 0 Å². The van der Waals surface area contributed by atoms with Gasteiger partial charge in [0, 0.05) is 23.2 Å². The van der Waals surface area contributed by atoms with Crippen molar-refractivity contribution < 1.29 is 18.8 Å². The average Bonchev–Trinajstić information content (AvgIpc) is 3.31. The van der Waals surface area contributed by atoms with E-state index in [9.17, 15) is 19.6 Å². The lowest BCUT2D eigenvalue weighted by Gasteiger charge is -2.27. The Bertz CT molecular complexity index is 1370. The number of Topliss-reactive ketones (excluding diaryl/α,β-unsaturated/α-hetero) is 1. The van der Waals surface area contributed by atoms with Crippen LogP contribution in [0, 0.1) is 11.3 Å². The Balaban J connectivity index is 1.63. The molecule has 0 spiro atoms. The standard InChI is InChI=1S/C28H22N2O4/c1-18-24(16-23-12-13-26(34-23)22-10-8-21(9-11-22)19(2)31)27(32)30(28(33)25(18)17-29)15-14-20-6-4-3-5-7-20/h3-13,16H,14-15H2,1-2H3/b24-16+. The molecule has 1 aliphatic heterocycles. The number of nitrogens with zero attached hydrogens (tertiary/aromatic N) is 2. The molecule has 3 aromatic rings. The molecule has 2 amide bonds. The highest BCUT2D eigenvalue weighted by Gasteiger charge is 2.35. The van der Waals surface area contributed by atoms with E-state index in [-0.39, 0.29) is 23.5 Å². The molecule has 0 unspecified atom stereocenters. The van der Waals surface area contributed by atoms with Crippen molar-refractivity contribution in [2.24, 2.45) is 0 Å². The van der Waals surface area contributed by atoms with E-state index < -0.39 is 11.8 Å². The van der Waals surface area contributed by atoms with Gasteiger partial charge >= 0.3 is 0 Å². The number of hydrogen-bond acceptors (Lipinski definition) is 5. The van der Waals surface area contributed by atoms with Crippen LogP contribution >= 0.6 is 0 Å². The van der Waals surface area contributed by atoms with Crippen molar-refractivity contribution >= 4 is 23.7 Å². The summed E-state index contributed by atoms with van der Waals surface area (Å²) in [4.78, 5) is 38.7. The molecule has 0 radical (unpaired) electrons. The van der Waals surface area contributed by atoms with Crippen LogP contribution in [0.2, 0.25) is 0 Å². The van der Waals surface area contributed by atoms with Crippen LogP contribution in [0.25, 0.3) is 17.4 Å². The molecule has 0 aliphatic carbocycles. The maximum Gasteiger partial charge on any atom is 0.271 e. The molecule has 0 saturated carbocycles. The number of hydrogen-bond donors (Lipinski definition) is 0. The Morgan fingerprint density at radius 1 is 1.00 bits per heavy atom. The average molecular weight is 450 g/mol. The summed E-state index contributed by atoms with van der Waals surface area (Å²) < 4.78 is 5.91. The van der Waals surface area contributed by atoms with Crippen LogP contribution in [-0.2, 0) is 16.0 Å². The Kier molecular flexibility index (Phi) is 6.37. The van der Waals surface area contributed by atoms with E-state index in [4.69, 9.17) is 4.42 Å². The van der Waals surface area contributed by atoms with Gasteiger partial charge in [-0.15, -0.1) is 0 Å². The summed E-state index contributed by atoms with van der Waals surface area (Å²) >= 11 is 0. The number of ketones is 1. The van der Waals surface area contributed by atoms with Gasteiger partial charge in [0.2, 0.25) is 0 Å². The summed E-state index contributed by atoms with van der Waals surface area (Å²) in [5.74, 6) is -0.0634. The summed E-state index contributed by atoms with van der Waals surface area (Å²) in [6, 6.07) is 22.0. The van der Waals surface area contributed by atoms with E-state index in [1.165, 1.54) is 6.92 Å². The minimum absolute atomic E-state index is 0.0193. The van der Waals surface area contributed by atoms with Crippen LogP contribution < -0.4 is 0 Å². The van der Waals surface area contributed by atoms with Crippen molar-refractivity contribution in [1.82, 2.24) is 4.90 Å². The number of benzene rings is 2. The summed E-state index contributed by atoms with van der Waals surface area (Å²) in [5.41, 5.74) is 2.91. The number of carbonyl (C=O) groups excluding carboxylic acids is 3. The molecular weight excluding hydrogens is 428 g/mol. The Morgan fingerprint density at radius 3 is 2.35 bits per heavy atom. The smallest absolute Gasteiger partial charge is 0.271 e. The molecule has 168 valence electrons. The first-order chi connectivity index (χ1) is 16.4. The van der Waals surface area contributed by atoms with Crippen molar-refractivity contribution in [3.63, 3.8) is 0 Å². The number of carbonyl (C=O) groups is 3. The zero-order chi connectivity index (χ0) is 24.2. The Hall–Kier alpha value is -4.50. The third-order valence-corrected chi connectivity index (χ3v) is 5.78. The first kappa shape index (κ1) is 22.7. The second-order valence-corrected chi connectivity index (χ2v) is 8.00. The highest BCUT2D eigenvalue weighted by atomic mass is 16.3. The van der Waals surface area contributed by atoms with Crippen molar-refractivity contribution in [1.29, 1.82) is 5.26 Å². The first-order valence-electron chi connectivity index (χ1n) is 10.8. The molecule has 1 aliphatic rings. The lowest BCUT2D eigenvalue weighted by atomic mass is 9.94. The monoisotopic (exact) mass is 450 g/mol. The molecule has 0 saturated heterocycles. The second kappa shape index (κ2) is 9.55. The third kappa shape index (κ3) is 4.50. The third-order valence-electron chi connectivity index (χ3n) is 5.78. The van der Waals surface area contributed by atoms with Gasteiger partial charge in [-0.2, -0.15) is 5.26 Å². The highest BCUT2D eigenvalue weighted by Crippen LogP contribution is 2.29. The van der Waals surface area contributed by atoms with Crippen molar-refractivity contribution in [2.45, 2.75) is 20.3 Å². The molecule has 0 fully saturated rings. The minimum atomic E-state index is -0.580. The van der Waals surface area contributed by atoms with E-state index in [1.54, 1.807) is 49.4 Å². The SMILES string of the molecule is CC(=O)c1ccc(-c2ccc(/C=C3/C(=O)N(CCc4ccccc4)C(=O)C(C#N)=C3C)o2)cc1. The van der Waals surface area contributed by atoms with Crippen LogP contribution in [0.4, 0.5) is 0 Å². The Morgan fingerprint density at radius 2 is 1.71 bits per heavy atom. The fourth-order valence-corrected chi connectivity index (χ4v) is 3.82. The number of nitriles is 1. The maximum atomic E-state index is 13.2. The van der Waals surface area contributed by atoms with Gasteiger partial charge in [0.15, 0.2) is 5.78 Å². The predicted octanol–water partition coefficient (Wildman–Crippen LogP) is 4.98. The van der Waals surface area contributed by atoms with Gasteiger partial charge < -0.3 is 4.42 Å². The number of rotatable bonds is 6. The lowest BCUT2D eigenvalue weighted by molar-refractivity contribution is -0.140. The van der Waals surface area contributed by atoms with Gasteiger partial charge in [-0.05, 0) is 49.6 Å². The van der Waals surface area contributed by atoms with Crippen LogP contribution in [0.15, 0.2) is 87.9 Å². The number of furan rings is 1. The van der Waals surface area contributed by atoms with Crippen molar-refractivity contribution in [3.05, 3.63) is 100 Å². The first-order valence-corrected chi connectivity index (χ1v) is 10.8. The van der Waals surface area contributed by atoms with E-state index >= 15 is 0 Å². The van der Waals surface area contributed by atoms with Crippen molar-refractivity contribution in [2.75, 3.05) is 6.54 Å². The van der Waals surface area contributed by atoms with Crippen molar-refractivity contribution in [3.8, 4) is 17.4 Å². The molecule has 2 aromatic carbocycles. The van der Waals surface area contributed by atoms with E-state index in [0.717, 1.165) is 16.0 Å². The summed E-state index contributed by atoms with van der Waals surface area (Å²) in [7, 11) is 0. The topological polar surface area (TPSA) is 91.4 Å². The molecule has 0 bridgehead atoms. The van der Waals surface area contributed by atoms with E-state index in [2.05, 4.69) is 0 Å². The Labute approximate surface area is 197 Å². The van der Waals surface area contributed by atoms with Crippen LogP contribution in [0.3, 0.4) is 0 Å². The molecule has 6 heteroatoms. The number of imide groups is 1. The summed E-state index contributed by atoms with van der Waals surface area (Å²) in [6.07, 6.45) is 2.05. The zero-order valence-electron chi connectivity index (χ0n) is 18.9. The molecule has 1 aromatic heterocycles. The van der Waals surface area contributed by atoms with Crippen LogP contribution in [0.1, 0.15) is 35.5 Å². The quantitative estimate of drug-likeness (QED) is 0.300. The van der Waals surface area contributed by atoms with Gasteiger partial charge in [-0.3, -0.25) is 19.3 Å². The second-order valence-electron chi connectivity index (χ2n) is 8.00. The molecular formula is C28H22N2O4. The molecule has 4 rings (SSSR count). The predicted molar refractivity (Wildman–Crippen MR) is 127 cm³/mol. The number of amides is 2. The minimum Gasteiger partial charge on any atom is -0.457 e. The van der Waals surface area contributed by atoms with E-state index in [1.807, 2.05) is 36.4 Å². The maximum absolute atomic E-state index is 13.2. The van der Waals surface area contributed by atoms with Gasteiger partial charge in [0.1, 0.15) is 23.2 Å². The largest absolute Gasteiger partial charge is 0.457 e. The van der Waals surface area contributed by atoms with Gasteiger partial charge in [-0.1, -0.05) is 54.6 Å². The summed E-state index contributed by atoms with van der Waals surface area (Å²) in [5, 5.41) is 9.58. The molecule has 34 heavy (non-hydrogen) atoms. The molecule has 6 nitrogen and oxygen atoms in total. The molecule has 2 heterocycles. The summed E-state index contributed by atoms with van der Waals surface area (Å²) in [6.45, 7) is 3.27. The van der Waals surface area contributed by atoms with Gasteiger partial charge in [0.25, 0.3) is 11.8 Å². The fourth-order valence-electron chi connectivity index (χ4n) is 3.82. The highest BCUT2D eigenvalue weighted by molar-refractivity contribution is 6.19. The van der Waals surface area contributed by atoms with Gasteiger partial charge in [0.05, 0.1) is 0 Å². The fraction of sp³-hybridized carbons (Fsp3) is 0.143. The zero-order valence-corrected chi connectivity index (χ0v) is 18.9. The van der Waals surface area contributed by atoms with Crippen LogP contribution in [-0.4, -0.2) is 29.0 Å². The van der Waals surface area contributed by atoms with Gasteiger partial charge in [-0.25, -0.2) is 0 Å².